The number of carbonyl (C=O) groups excluding carboxylic acids is 2. The van der Waals surface area contributed by atoms with E-state index in [0.717, 1.165) is 36.1 Å². The number of benzene rings is 2. The molecule has 3 heterocycles. The van der Waals surface area contributed by atoms with E-state index in [1.807, 2.05) is 53.4 Å². The van der Waals surface area contributed by atoms with Gasteiger partial charge in [-0.1, -0.05) is 18.2 Å². The number of cyclic esters (lactones) is 1. The smallest absolute Gasteiger partial charge is 0.411 e. The molecule has 1 aromatic heterocycles. The van der Waals surface area contributed by atoms with Gasteiger partial charge in [-0.15, -0.1) is 0 Å². The highest BCUT2D eigenvalue weighted by Crippen LogP contribution is 2.31. The second-order valence-corrected chi connectivity index (χ2v) is 7.82. The zero-order valence-electron chi connectivity index (χ0n) is 17.4. The van der Waals surface area contributed by atoms with Crippen LogP contribution in [0.25, 0.3) is 11.4 Å². The topological polar surface area (TPSA) is 109 Å². The molecule has 2 aromatic carbocycles. The number of piperidine rings is 1. The number of likely N-dealkylation sites (tertiary alicyclic amines) is 1. The summed E-state index contributed by atoms with van der Waals surface area (Å²) >= 11 is 0. The number of aromatic nitrogens is 3. The van der Waals surface area contributed by atoms with Gasteiger partial charge in [0.2, 0.25) is 0 Å². The number of hydrogen-bond acceptors (Lipinski definition) is 6. The van der Waals surface area contributed by atoms with Crippen LogP contribution in [-0.4, -0.2) is 45.2 Å². The fourth-order valence-corrected chi connectivity index (χ4v) is 4.08. The van der Waals surface area contributed by atoms with Gasteiger partial charge in [0.1, 0.15) is 18.2 Å². The molecule has 1 atom stereocenters. The van der Waals surface area contributed by atoms with E-state index < -0.39 is 6.09 Å². The predicted molar refractivity (Wildman–Crippen MR) is 116 cm³/mol. The lowest BCUT2D eigenvalue weighted by Gasteiger charge is -2.34. The molecule has 9 heteroatoms. The first-order valence-corrected chi connectivity index (χ1v) is 10.6. The lowest BCUT2D eigenvalue weighted by molar-refractivity contribution is -0.137. The zero-order valence-corrected chi connectivity index (χ0v) is 17.4. The van der Waals surface area contributed by atoms with Crippen LogP contribution < -0.4 is 10.1 Å². The van der Waals surface area contributed by atoms with Crippen molar-refractivity contribution in [1.82, 2.24) is 20.1 Å². The first-order valence-electron chi connectivity index (χ1n) is 10.6. The lowest BCUT2D eigenvalue weighted by Crippen LogP contribution is -2.41. The number of rotatable bonds is 5. The summed E-state index contributed by atoms with van der Waals surface area (Å²) in [6.07, 6.45) is 2.32. The molecule has 0 saturated carbocycles. The van der Waals surface area contributed by atoms with Crippen molar-refractivity contribution >= 4 is 17.7 Å². The van der Waals surface area contributed by atoms with Crippen LogP contribution in [0.15, 0.2) is 48.5 Å². The molecule has 1 saturated heterocycles. The van der Waals surface area contributed by atoms with E-state index in [2.05, 4.69) is 20.5 Å². The van der Waals surface area contributed by atoms with Crippen LogP contribution in [0.1, 0.15) is 36.7 Å². The van der Waals surface area contributed by atoms with Crippen LogP contribution >= 0.6 is 0 Å². The van der Waals surface area contributed by atoms with Crippen molar-refractivity contribution in [2.75, 3.05) is 18.5 Å². The van der Waals surface area contributed by atoms with Crippen LogP contribution in [0.5, 0.6) is 5.75 Å². The SMILES string of the molecule is O=C1Nc2ccc(-c3n[nH]c(C4CCCCN4C(=O)COc4ccccc4)n3)cc2CO1. The Morgan fingerprint density at radius 1 is 1.19 bits per heavy atom. The Kier molecular flexibility index (Phi) is 5.45. The maximum atomic E-state index is 12.9. The highest BCUT2D eigenvalue weighted by Gasteiger charge is 2.31. The van der Waals surface area contributed by atoms with Gasteiger partial charge in [0.05, 0.1) is 11.7 Å². The third-order valence-corrected chi connectivity index (χ3v) is 5.71. The molecular formula is C23H23N5O4. The summed E-state index contributed by atoms with van der Waals surface area (Å²) < 4.78 is 10.7. The molecule has 2 N–H and O–H groups in total. The number of carbonyl (C=O) groups is 2. The van der Waals surface area contributed by atoms with Crippen molar-refractivity contribution in [1.29, 1.82) is 0 Å². The average molecular weight is 433 g/mol. The highest BCUT2D eigenvalue weighted by molar-refractivity contribution is 5.88. The van der Waals surface area contributed by atoms with Crippen molar-refractivity contribution in [3.8, 4) is 17.1 Å². The summed E-state index contributed by atoms with van der Waals surface area (Å²) in [6.45, 7) is 0.851. The summed E-state index contributed by atoms with van der Waals surface area (Å²) in [5.74, 6) is 1.80. The van der Waals surface area contributed by atoms with Gasteiger partial charge in [0.25, 0.3) is 5.91 Å². The van der Waals surface area contributed by atoms with E-state index in [4.69, 9.17) is 9.47 Å². The van der Waals surface area contributed by atoms with Crippen molar-refractivity contribution in [3.63, 3.8) is 0 Å². The standard InChI is InChI=1S/C23H23N5O4/c29-20(14-31-17-6-2-1-3-7-17)28-11-5-4-8-19(28)22-25-21(26-27-22)15-9-10-18-16(12-15)13-32-23(30)24-18/h1-3,6-7,9-10,12,19H,4-5,8,11,13-14H2,(H,24,30)(H,25,26,27). The molecule has 0 radical (unpaired) electrons. The lowest BCUT2D eigenvalue weighted by atomic mass is 10.0. The van der Waals surface area contributed by atoms with Crippen LogP contribution in [0.2, 0.25) is 0 Å². The Morgan fingerprint density at radius 2 is 2.06 bits per heavy atom. The minimum atomic E-state index is -0.455. The number of anilines is 1. The molecule has 164 valence electrons. The Bertz CT molecular complexity index is 1130. The van der Waals surface area contributed by atoms with Gasteiger partial charge in [-0.3, -0.25) is 15.2 Å². The van der Waals surface area contributed by atoms with Crippen LogP contribution in [0, 0.1) is 0 Å². The summed E-state index contributed by atoms with van der Waals surface area (Å²) in [5, 5.41) is 10.1. The van der Waals surface area contributed by atoms with E-state index in [0.29, 0.717) is 23.9 Å². The summed E-state index contributed by atoms with van der Waals surface area (Å²) in [4.78, 5) is 30.8. The minimum Gasteiger partial charge on any atom is -0.484 e. The number of nitrogens with zero attached hydrogens (tertiary/aromatic N) is 3. The molecule has 3 aromatic rings. The Balaban J connectivity index is 1.31. The van der Waals surface area contributed by atoms with E-state index in [-0.39, 0.29) is 25.2 Å². The van der Waals surface area contributed by atoms with E-state index in [9.17, 15) is 9.59 Å². The maximum Gasteiger partial charge on any atom is 0.411 e. The van der Waals surface area contributed by atoms with Gasteiger partial charge in [-0.05, 0) is 49.6 Å². The van der Waals surface area contributed by atoms with Crippen molar-refractivity contribution in [2.45, 2.75) is 31.9 Å². The molecule has 1 unspecified atom stereocenters. The van der Waals surface area contributed by atoms with Gasteiger partial charge in [-0.25, -0.2) is 9.78 Å². The molecule has 2 aliphatic heterocycles. The van der Waals surface area contributed by atoms with E-state index in [1.165, 1.54) is 0 Å². The number of para-hydroxylation sites is 1. The van der Waals surface area contributed by atoms with Crippen molar-refractivity contribution < 1.29 is 19.1 Å². The van der Waals surface area contributed by atoms with Crippen LogP contribution in [-0.2, 0) is 16.1 Å². The highest BCUT2D eigenvalue weighted by atomic mass is 16.5. The predicted octanol–water partition coefficient (Wildman–Crippen LogP) is 3.67. The van der Waals surface area contributed by atoms with Crippen LogP contribution in [0.3, 0.4) is 0 Å². The first kappa shape index (κ1) is 20.0. The zero-order chi connectivity index (χ0) is 21.9. The number of ether oxygens (including phenoxy) is 2. The van der Waals surface area contributed by atoms with Gasteiger partial charge in [0, 0.05) is 17.7 Å². The monoisotopic (exact) mass is 433 g/mol. The molecule has 2 aliphatic rings. The molecule has 9 nitrogen and oxygen atoms in total. The summed E-state index contributed by atoms with van der Waals surface area (Å²) in [7, 11) is 0. The minimum absolute atomic E-state index is 0.0158. The van der Waals surface area contributed by atoms with Crippen molar-refractivity contribution in [3.05, 3.63) is 59.9 Å². The number of fused-ring (bicyclic) bond motifs is 1. The first-order chi connectivity index (χ1) is 15.7. The molecule has 2 amide bonds. The van der Waals surface area contributed by atoms with Gasteiger partial charge < -0.3 is 14.4 Å². The normalized spacial score (nSPS) is 17.8. The van der Waals surface area contributed by atoms with Crippen LogP contribution in [0.4, 0.5) is 10.5 Å². The molecular weight excluding hydrogens is 410 g/mol. The quantitative estimate of drug-likeness (QED) is 0.635. The third-order valence-electron chi connectivity index (χ3n) is 5.71. The Hall–Kier alpha value is -3.88. The Labute approximate surface area is 184 Å². The van der Waals surface area contributed by atoms with Gasteiger partial charge >= 0.3 is 6.09 Å². The second kappa shape index (κ2) is 8.70. The number of nitrogens with one attached hydrogen (secondary N) is 2. The second-order valence-electron chi connectivity index (χ2n) is 7.82. The number of hydrogen-bond donors (Lipinski definition) is 2. The maximum absolute atomic E-state index is 12.9. The number of aromatic amines is 1. The molecule has 1 fully saturated rings. The average Bonchev–Trinajstić information content (AvgIpc) is 3.33. The molecule has 0 aliphatic carbocycles. The molecule has 0 bridgehead atoms. The number of amides is 2. The fourth-order valence-electron chi connectivity index (χ4n) is 4.08. The largest absolute Gasteiger partial charge is 0.484 e. The third kappa shape index (κ3) is 4.14. The van der Waals surface area contributed by atoms with E-state index in [1.54, 1.807) is 0 Å². The fraction of sp³-hybridized carbons (Fsp3) is 0.304. The number of H-pyrrole nitrogens is 1. The van der Waals surface area contributed by atoms with E-state index >= 15 is 0 Å². The molecule has 32 heavy (non-hydrogen) atoms. The van der Waals surface area contributed by atoms with Crippen molar-refractivity contribution in [2.24, 2.45) is 0 Å². The molecule has 0 spiro atoms. The Morgan fingerprint density at radius 3 is 2.94 bits per heavy atom. The summed E-state index contributed by atoms with van der Waals surface area (Å²) in [5.41, 5.74) is 2.40. The summed E-state index contributed by atoms with van der Waals surface area (Å²) in [6, 6.07) is 14.7. The van der Waals surface area contributed by atoms with Gasteiger partial charge in [0.15, 0.2) is 12.4 Å². The van der Waals surface area contributed by atoms with Gasteiger partial charge in [-0.2, -0.15) is 5.10 Å². The molecule has 5 rings (SSSR count).